The van der Waals surface area contributed by atoms with Crippen molar-refractivity contribution < 1.29 is 17.7 Å². The van der Waals surface area contributed by atoms with Crippen molar-refractivity contribution in [3.8, 4) is 5.75 Å². The first-order valence-electron chi connectivity index (χ1n) is 7.27. The molecule has 1 aromatic heterocycles. The maximum atomic E-state index is 12.7. The Kier molecular flexibility index (Phi) is 5.10. The number of rotatable bonds is 7. The van der Waals surface area contributed by atoms with E-state index in [0.29, 0.717) is 17.7 Å². The van der Waals surface area contributed by atoms with Crippen LogP contribution in [0, 0.1) is 0 Å². The molecule has 0 atom stereocenters. The Balaban J connectivity index is 2.47. The summed E-state index contributed by atoms with van der Waals surface area (Å²) in [5.41, 5.74) is 1.56. The lowest BCUT2D eigenvalue weighted by molar-refractivity contribution is 0.402. The molecule has 6 nitrogen and oxygen atoms in total. The highest BCUT2D eigenvalue weighted by atomic mass is 32.2. The highest BCUT2D eigenvalue weighted by Crippen LogP contribution is 2.29. The number of nitrogens with zero attached hydrogens (tertiary/aromatic N) is 1. The predicted octanol–water partition coefficient (Wildman–Crippen LogP) is 3.25. The summed E-state index contributed by atoms with van der Waals surface area (Å²) in [4.78, 5) is 0.0737. The molecule has 0 unspecified atom stereocenters. The lowest BCUT2D eigenvalue weighted by Gasteiger charge is -2.12. The van der Waals surface area contributed by atoms with E-state index in [4.69, 9.17) is 9.26 Å². The average Bonchev–Trinajstić information content (AvgIpc) is 2.95. The van der Waals surface area contributed by atoms with Gasteiger partial charge in [0.25, 0.3) is 10.0 Å². The van der Waals surface area contributed by atoms with Crippen molar-refractivity contribution in [1.29, 1.82) is 0 Å². The normalized spacial score (nSPS) is 11.3. The van der Waals surface area contributed by atoms with Crippen LogP contribution in [0.15, 0.2) is 34.2 Å². The van der Waals surface area contributed by atoms with Crippen molar-refractivity contribution in [2.45, 2.75) is 31.6 Å². The van der Waals surface area contributed by atoms with Crippen LogP contribution >= 0.6 is 0 Å². The molecular formula is C16H20N2O4S. The van der Waals surface area contributed by atoms with Gasteiger partial charge in [-0.05, 0) is 36.6 Å². The van der Waals surface area contributed by atoms with Gasteiger partial charge in [0.05, 0.1) is 7.11 Å². The Morgan fingerprint density at radius 3 is 2.65 bits per heavy atom. The number of anilines is 1. The fourth-order valence-electron chi connectivity index (χ4n) is 2.24. The molecule has 0 saturated heterocycles. The van der Waals surface area contributed by atoms with E-state index in [1.807, 2.05) is 19.9 Å². The Labute approximate surface area is 136 Å². The number of methoxy groups -OCH3 is 1. The number of aryl methyl sites for hydroxylation is 1. The molecule has 0 fully saturated rings. The first-order valence-corrected chi connectivity index (χ1v) is 8.75. The van der Waals surface area contributed by atoms with Gasteiger partial charge in [0.1, 0.15) is 10.6 Å². The van der Waals surface area contributed by atoms with Crippen molar-refractivity contribution in [2.75, 3.05) is 11.8 Å². The molecule has 7 heteroatoms. The third-order valence-electron chi connectivity index (χ3n) is 3.51. The average molecular weight is 336 g/mol. The Hall–Kier alpha value is -2.28. The molecular weight excluding hydrogens is 316 g/mol. The molecule has 23 heavy (non-hydrogen) atoms. The van der Waals surface area contributed by atoms with Crippen molar-refractivity contribution in [3.63, 3.8) is 0 Å². The number of sulfonamides is 1. The van der Waals surface area contributed by atoms with E-state index in [-0.39, 0.29) is 16.5 Å². The van der Waals surface area contributed by atoms with E-state index in [0.717, 1.165) is 12.0 Å². The number of nitrogens with one attached hydrogen (secondary N) is 1. The van der Waals surface area contributed by atoms with Crippen LogP contribution in [0.3, 0.4) is 0 Å². The van der Waals surface area contributed by atoms with Crippen LogP contribution in [-0.2, 0) is 22.9 Å². The largest absolute Gasteiger partial charge is 0.495 e. The highest BCUT2D eigenvalue weighted by molar-refractivity contribution is 7.92. The van der Waals surface area contributed by atoms with Gasteiger partial charge in [-0.2, -0.15) is 0 Å². The molecule has 1 N–H and O–H groups in total. The lowest BCUT2D eigenvalue weighted by Crippen LogP contribution is -2.15. The molecule has 0 aliphatic heterocycles. The molecule has 0 bridgehead atoms. The first kappa shape index (κ1) is 17.1. The molecule has 1 heterocycles. The van der Waals surface area contributed by atoms with Crippen LogP contribution in [0.5, 0.6) is 5.75 Å². The number of hydrogen-bond donors (Lipinski definition) is 1. The van der Waals surface area contributed by atoms with Crippen LogP contribution in [0.25, 0.3) is 6.08 Å². The van der Waals surface area contributed by atoms with Crippen LogP contribution in [-0.4, -0.2) is 20.7 Å². The van der Waals surface area contributed by atoms with Crippen LogP contribution < -0.4 is 9.46 Å². The molecule has 0 aliphatic carbocycles. The molecule has 2 rings (SSSR count). The summed E-state index contributed by atoms with van der Waals surface area (Å²) in [6.45, 7) is 7.46. The van der Waals surface area contributed by atoms with Gasteiger partial charge in [0.15, 0.2) is 11.6 Å². The molecule has 1 aromatic carbocycles. The van der Waals surface area contributed by atoms with Crippen LogP contribution in [0.4, 0.5) is 5.82 Å². The second-order valence-electron chi connectivity index (χ2n) is 4.88. The summed E-state index contributed by atoms with van der Waals surface area (Å²) in [6, 6.07) is 5.08. The SMILES string of the molecule is C=Cc1onc(NS(=O)(=O)c2cc(CC)ccc2OC)c1CC. The number of hydrogen-bond acceptors (Lipinski definition) is 5. The van der Waals surface area contributed by atoms with E-state index >= 15 is 0 Å². The van der Waals surface area contributed by atoms with Crippen molar-refractivity contribution in [1.82, 2.24) is 5.16 Å². The molecule has 124 valence electrons. The molecule has 0 radical (unpaired) electrons. The topological polar surface area (TPSA) is 81.4 Å². The van der Waals surface area contributed by atoms with Crippen LogP contribution in [0.2, 0.25) is 0 Å². The molecule has 0 aliphatic rings. The van der Waals surface area contributed by atoms with Crippen molar-refractivity contribution in [2.24, 2.45) is 0 Å². The predicted molar refractivity (Wildman–Crippen MR) is 89.2 cm³/mol. The summed E-state index contributed by atoms with van der Waals surface area (Å²) >= 11 is 0. The number of aromatic nitrogens is 1. The monoisotopic (exact) mass is 336 g/mol. The Morgan fingerprint density at radius 2 is 2.09 bits per heavy atom. The lowest BCUT2D eigenvalue weighted by atomic mass is 10.2. The third kappa shape index (κ3) is 3.39. The fourth-order valence-corrected chi connectivity index (χ4v) is 3.49. The van der Waals surface area contributed by atoms with Gasteiger partial charge < -0.3 is 9.26 Å². The maximum absolute atomic E-state index is 12.7. The highest BCUT2D eigenvalue weighted by Gasteiger charge is 2.24. The molecule has 0 saturated carbocycles. The summed E-state index contributed by atoms with van der Waals surface area (Å²) in [5.74, 6) is 0.908. The van der Waals surface area contributed by atoms with E-state index in [1.54, 1.807) is 12.1 Å². The first-order chi connectivity index (χ1) is 11.0. The Morgan fingerprint density at radius 1 is 1.35 bits per heavy atom. The number of benzene rings is 1. The van der Waals surface area contributed by atoms with E-state index < -0.39 is 10.0 Å². The van der Waals surface area contributed by atoms with Gasteiger partial charge in [-0.15, -0.1) is 0 Å². The number of ether oxygens (including phenoxy) is 1. The van der Waals surface area contributed by atoms with E-state index in [9.17, 15) is 8.42 Å². The van der Waals surface area contributed by atoms with Gasteiger partial charge in [-0.3, -0.25) is 4.72 Å². The van der Waals surface area contributed by atoms with Gasteiger partial charge >= 0.3 is 0 Å². The zero-order chi connectivity index (χ0) is 17.0. The van der Waals surface area contributed by atoms with Gasteiger partial charge in [0.2, 0.25) is 0 Å². The second-order valence-corrected chi connectivity index (χ2v) is 6.53. The minimum Gasteiger partial charge on any atom is -0.495 e. The van der Waals surface area contributed by atoms with E-state index in [2.05, 4.69) is 16.5 Å². The van der Waals surface area contributed by atoms with Crippen molar-refractivity contribution >= 4 is 21.9 Å². The van der Waals surface area contributed by atoms with Gasteiger partial charge in [0, 0.05) is 5.56 Å². The summed E-state index contributed by atoms with van der Waals surface area (Å²) in [6.07, 6.45) is 2.79. The smallest absolute Gasteiger partial charge is 0.266 e. The van der Waals surface area contributed by atoms with Crippen molar-refractivity contribution in [3.05, 3.63) is 41.7 Å². The minimum absolute atomic E-state index is 0.0737. The zero-order valence-electron chi connectivity index (χ0n) is 13.4. The quantitative estimate of drug-likeness (QED) is 0.839. The van der Waals surface area contributed by atoms with Crippen LogP contribution in [0.1, 0.15) is 30.7 Å². The Bertz CT molecular complexity index is 809. The molecule has 0 amide bonds. The molecule has 2 aromatic rings. The zero-order valence-corrected chi connectivity index (χ0v) is 14.2. The summed E-state index contributed by atoms with van der Waals surface area (Å²) < 4.78 is 38.2. The second kappa shape index (κ2) is 6.87. The molecule has 0 spiro atoms. The standard InChI is InChI=1S/C16H20N2O4S/c1-5-11-8-9-14(21-4)15(10-11)23(19,20)18-16-12(6-2)13(7-3)22-17-16/h7-10H,3,5-6H2,1-2,4H3,(H,17,18). The summed E-state index contributed by atoms with van der Waals surface area (Å²) in [7, 11) is -2.41. The maximum Gasteiger partial charge on any atom is 0.266 e. The van der Waals surface area contributed by atoms with Gasteiger partial charge in [-0.1, -0.05) is 31.6 Å². The summed E-state index contributed by atoms with van der Waals surface area (Å²) in [5, 5.41) is 3.79. The van der Waals surface area contributed by atoms with Gasteiger partial charge in [-0.25, -0.2) is 8.42 Å². The minimum atomic E-state index is -3.85. The van der Waals surface area contributed by atoms with E-state index in [1.165, 1.54) is 13.2 Å². The third-order valence-corrected chi connectivity index (χ3v) is 4.87. The fraction of sp³-hybridized carbons (Fsp3) is 0.312.